The molecule has 1 atom stereocenters. The molecule has 5 heteroatoms. The SMILES string of the molecule is CCCNC(c1ccc(OC)c(F)c1)c1csc(C)n1. The number of thiazole rings is 1. The molecule has 108 valence electrons. The van der Waals surface area contributed by atoms with Crippen LogP contribution in [0.25, 0.3) is 0 Å². The molecule has 3 nitrogen and oxygen atoms in total. The quantitative estimate of drug-likeness (QED) is 0.882. The summed E-state index contributed by atoms with van der Waals surface area (Å²) in [7, 11) is 1.47. The molecule has 20 heavy (non-hydrogen) atoms. The first-order valence-corrected chi connectivity index (χ1v) is 7.52. The van der Waals surface area contributed by atoms with Crippen LogP contribution >= 0.6 is 11.3 Å². The van der Waals surface area contributed by atoms with Crippen LogP contribution in [0.1, 0.15) is 35.7 Å². The Balaban J connectivity index is 2.33. The van der Waals surface area contributed by atoms with E-state index in [0.29, 0.717) is 0 Å². The maximum atomic E-state index is 13.9. The third-order valence-corrected chi connectivity index (χ3v) is 3.83. The van der Waals surface area contributed by atoms with Crippen molar-refractivity contribution in [2.45, 2.75) is 26.3 Å². The van der Waals surface area contributed by atoms with E-state index in [2.05, 4.69) is 17.2 Å². The molecule has 1 aromatic heterocycles. The summed E-state index contributed by atoms with van der Waals surface area (Å²) in [6.07, 6.45) is 1.01. The molecular formula is C15H19FN2OS. The predicted molar refractivity (Wildman–Crippen MR) is 79.9 cm³/mol. The van der Waals surface area contributed by atoms with Crippen LogP contribution in [-0.2, 0) is 0 Å². The van der Waals surface area contributed by atoms with Crippen molar-refractivity contribution >= 4 is 11.3 Å². The van der Waals surface area contributed by atoms with Gasteiger partial charge in [0.15, 0.2) is 11.6 Å². The third kappa shape index (κ3) is 3.35. The largest absolute Gasteiger partial charge is 0.494 e. The monoisotopic (exact) mass is 294 g/mol. The summed E-state index contributed by atoms with van der Waals surface area (Å²) in [5, 5.41) is 6.45. The average molecular weight is 294 g/mol. The number of ether oxygens (including phenoxy) is 1. The van der Waals surface area contributed by atoms with E-state index in [-0.39, 0.29) is 17.6 Å². The standard InChI is InChI=1S/C15H19FN2OS/c1-4-7-17-15(13-9-20-10(2)18-13)11-5-6-14(19-3)12(16)8-11/h5-6,8-9,15,17H,4,7H2,1-3H3. The number of methoxy groups -OCH3 is 1. The molecule has 0 aliphatic carbocycles. The molecule has 1 unspecified atom stereocenters. The van der Waals surface area contributed by atoms with Crippen LogP contribution in [0, 0.1) is 12.7 Å². The molecule has 0 aliphatic rings. The number of halogens is 1. The minimum absolute atomic E-state index is 0.0830. The van der Waals surface area contributed by atoms with E-state index in [1.54, 1.807) is 17.4 Å². The van der Waals surface area contributed by atoms with Gasteiger partial charge in [0, 0.05) is 5.38 Å². The van der Waals surface area contributed by atoms with Crippen molar-refractivity contribution in [3.05, 3.63) is 45.7 Å². The van der Waals surface area contributed by atoms with Gasteiger partial charge < -0.3 is 10.1 Å². The third-order valence-electron chi connectivity index (χ3n) is 3.04. The van der Waals surface area contributed by atoms with Crippen LogP contribution in [-0.4, -0.2) is 18.6 Å². The van der Waals surface area contributed by atoms with E-state index < -0.39 is 0 Å². The van der Waals surface area contributed by atoms with E-state index in [4.69, 9.17) is 4.74 Å². The van der Waals surface area contributed by atoms with Gasteiger partial charge >= 0.3 is 0 Å². The lowest BCUT2D eigenvalue weighted by Gasteiger charge is -2.17. The topological polar surface area (TPSA) is 34.1 Å². The molecule has 2 rings (SSSR count). The van der Waals surface area contributed by atoms with E-state index in [0.717, 1.165) is 29.2 Å². The van der Waals surface area contributed by atoms with Gasteiger partial charge in [-0.25, -0.2) is 9.37 Å². The highest BCUT2D eigenvalue weighted by atomic mass is 32.1. The van der Waals surface area contributed by atoms with Crippen LogP contribution in [0.5, 0.6) is 5.75 Å². The Morgan fingerprint density at radius 2 is 2.25 bits per heavy atom. The maximum absolute atomic E-state index is 13.9. The summed E-state index contributed by atoms with van der Waals surface area (Å²) < 4.78 is 18.8. The van der Waals surface area contributed by atoms with E-state index >= 15 is 0 Å². The summed E-state index contributed by atoms with van der Waals surface area (Å²) in [5.41, 5.74) is 1.80. The highest BCUT2D eigenvalue weighted by molar-refractivity contribution is 7.09. The number of nitrogens with one attached hydrogen (secondary N) is 1. The molecule has 0 spiro atoms. The Labute approximate surface area is 122 Å². The Bertz CT molecular complexity index is 571. The smallest absolute Gasteiger partial charge is 0.165 e. The number of hydrogen-bond donors (Lipinski definition) is 1. The van der Waals surface area contributed by atoms with Crippen LogP contribution in [0.3, 0.4) is 0 Å². The first-order valence-electron chi connectivity index (χ1n) is 6.64. The minimum Gasteiger partial charge on any atom is -0.494 e. The second-order valence-corrected chi connectivity index (χ2v) is 5.63. The van der Waals surface area contributed by atoms with Gasteiger partial charge in [-0.3, -0.25) is 0 Å². The Hall–Kier alpha value is -1.46. The molecule has 0 aliphatic heterocycles. The van der Waals surface area contributed by atoms with E-state index in [1.807, 2.05) is 18.4 Å². The molecule has 1 aromatic carbocycles. The van der Waals surface area contributed by atoms with Crippen molar-refractivity contribution in [2.75, 3.05) is 13.7 Å². The fraction of sp³-hybridized carbons (Fsp3) is 0.400. The molecule has 0 radical (unpaired) electrons. The van der Waals surface area contributed by atoms with Gasteiger partial charge in [0.25, 0.3) is 0 Å². The lowest BCUT2D eigenvalue weighted by atomic mass is 10.0. The van der Waals surface area contributed by atoms with Gasteiger partial charge in [-0.05, 0) is 37.6 Å². The fourth-order valence-corrected chi connectivity index (χ4v) is 2.70. The van der Waals surface area contributed by atoms with Crippen molar-refractivity contribution < 1.29 is 9.13 Å². The van der Waals surface area contributed by atoms with Gasteiger partial charge in [0.05, 0.1) is 23.9 Å². The van der Waals surface area contributed by atoms with E-state index in [9.17, 15) is 4.39 Å². The van der Waals surface area contributed by atoms with Crippen molar-refractivity contribution in [1.82, 2.24) is 10.3 Å². The number of rotatable bonds is 6. The van der Waals surface area contributed by atoms with Crippen molar-refractivity contribution in [3.63, 3.8) is 0 Å². The van der Waals surface area contributed by atoms with Crippen LogP contribution in [0.2, 0.25) is 0 Å². The Morgan fingerprint density at radius 1 is 1.45 bits per heavy atom. The van der Waals surface area contributed by atoms with Gasteiger partial charge in [0.2, 0.25) is 0 Å². The lowest BCUT2D eigenvalue weighted by Crippen LogP contribution is -2.23. The van der Waals surface area contributed by atoms with Crippen LogP contribution in [0.4, 0.5) is 4.39 Å². The molecule has 0 saturated carbocycles. The summed E-state index contributed by atoms with van der Waals surface area (Å²) in [6.45, 7) is 4.93. The molecule has 0 amide bonds. The zero-order valence-electron chi connectivity index (χ0n) is 11.9. The first kappa shape index (κ1) is 14.9. The van der Waals surface area contributed by atoms with Gasteiger partial charge in [-0.2, -0.15) is 0 Å². The second kappa shape index (κ2) is 6.81. The normalized spacial score (nSPS) is 12.4. The zero-order valence-corrected chi connectivity index (χ0v) is 12.8. The number of benzene rings is 1. The maximum Gasteiger partial charge on any atom is 0.165 e. The number of nitrogens with zero attached hydrogens (tertiary/aromatic N) is 1. The minimum atomic E-state index is -0.347. The Kier molecular flexibility index (Phi) is 5.09. The molecular weight excluding hydrogens is 275 g/mol. The number of aryl methyl sites for hydroxylation is 1. The summed E-state index contributed by atoms with van der Waals surface area (Å²) in [6, 6.07) is 4.97. The number of hydrogen-bond acceptors (Lipinski definition) is 4. The molecule has 1 N–H and O–H groups in total. The first-order chi connectivity index (χ1) is 9.65. The summed E-state index contributed by atoms with van der Waals surface area (Å²) >= 11 is 1.60. The van der Waals surface area contributed by atoms with Crippen LogP contribution < -0.4 is 10.1 Å². The highest BCUT2D eigenvalue weighted by Crippen LogP contribution is 2.27. The molecule has 2 aromatic rings. The molecule has 0 saturated heterocycles. The van der Waals surface area contributed by atoms with Crippen LogP contribution in [0.15, 0.2) is 23.6 Å². The second-order valence-electron chi connectivity index (χ2n) is 4.57. The Morgan fingerprint density at radius 3 is 2.80 bits per heavy atom. The predicted octanol–water partition coefficient (Wildman–Crippen LogP) is 3.69. The van der Waals surface area contributed by atoms with E-state index in [1.165, 1.54) is 13.2 Å². The molecule has 1 heterocycles. The van der Waals surface area contributed by atoms with Crippen molar-refractivity contribution in [1.29, 1.82) is 0 Å². The van der Waals surface area contributed by atoms with Crippen molar-refractivity contribution in [3.8, 4) is 5.75 Å². The zero-order chi connectivity index (χ0) is 14.5. The summed E-state index contributed by atoms with van der Waals surface area (Å²) in [4.78, 5) is 4.51. The average Bonchev–Trinajstić information content (AvgIpc) is 2.86. The van der Waals surface area contributed by atoms with Crippen molar-refractivity contribution in [2.24, 2.45) is 0 Å². The molecule has 0 bridgehead atoms. The lowest BCUT2D eigenvalue weighted by molar-refractivity contribution is 0.385. The van der Waals surface area contributed by atoms with Gasteiger partial charge in [-0.1, -0.05) is 13.0 Å². The van der Waals surface area contributed by atoms with Gasteiger partial charge in [-0.15, -0.1) is 11.3 Å². The highest BCUT2D eigenvalue weighted by Gasteiger charge is 2.17. The fourth-order valence-electron chi connectivity index (χ4n) is 2.06. The summed E-state index contributed by atoms with van der Waals surface area (Å²) in [5.74, 6) is -0.0855. The van der Waals surface area contributed by atoms with Gasteiger partial charge in [0.1, 0.15) is 0 Å². The number of aromatic nitrogens is 1. The molecule has 0 fully saturated rings.